The Kier molecular flexibility index (Phi) is 5.06. The third kappa shape index (κ3) is 3.54. The van der Waals surface area contributed by atoms with Gasteiger partial charge in [-0.25, -0.2) is 0 Å². The number of hydrogen-bond acceptors (Lipinski definition) is 5. The molecule has 0 rings (SSSR count). The van der Waals surface area contributed by atoms with E-state index in [2.05, 4.69) is 10.4 Å². The lowest BCUT2D eigenvalue weighted by Gasteiger charge is -2.07. The van der Waals surface area contributed by atoms with Crippen molar-refractivity contribution in [3.8, 4) is 0 Å². The number of rotatable bonds is 6. The van der Waals surface area contributed by atoms with Crippen molar-refractivity contribution < 1.29 is 4.79 Å². The van der Waals surface area contributed by atoms with Gasteiger partial charge in [0.25, 0.3) is 0 Å². The molecular formula is C6H10N2O3. The number of nitroso groups, excluding NO2 is 2. The van der Waals surface area contributed by atoms with Crippen molar-refractivity contribution in [2.45, 2.75) is 19.4 Å². The van der Waals surface area contributed by atoms with E-state index in [0.29, 0.717) is 6.29 Å². The van der Waals surface area contributed by atoms with Gasteiger partial charge in [0.2, 0.25) is 0 Å². The zero-order chi connectivity index (χ0) is 8.69. The zero-order valence-corrected chi connectivity index (χ0v) is 6.27. The molecule has 0 unspecified atom stereocenters. The molecule has 5 nitrogen and oxygen atoms in total. The molecule has 62 valence electrons. The maximum atomic E-state index is 10.2. The van der Waals surface area contributed by atoms with Crippen LogP contribution in [0.2, 0.25) is 0 Å². The Labute approximate surface area is 64.1 Å². The summed E-state index contributed by atoms with van der Waals surface area (Å²) in [5.41, 5.74) is 0. The van der Waals surface area contributed by atoms with Crippen LogP contribution >= 0.6 is 0 Å². The smallest absolute Gasteiger partial charge is 0.125 e. The number of nitrogens with zero attached hydrogens (tertiary/aromatic N) is 2. The molecule has 0 aliphatic carbocycles. The lowest BCUT2D eigenvalue weighted by Crippen LogP contribution is -2.17. The Hall–Kier alpha value is -1.13. The Bertz CT molecular complexity index is 149. The van der Waals surface area contributed by atoms with E-state index in [9.17, 15) is 14.6 Å². The minimum absolute atomic E-state index is 0.0363. The van der Waals surface area contributed by atoms with Gasteiger partial charge in [0.1, 0.15) is 12.3 Å². The van der Waals surface area contributed by atoms with Gasteiger partial charge in [0.05, 0.1) is 6.54 Å². The Balaban J connectivity index is 3.82. The van der Waals surface area contributed by atoms with Gasteiger partial charge in [-0.1, -0.05) is 17.3 Å². The predicted octanol–water partition coefficient (Wildman–Crippen LogP) is 1.11. The summed E-state index contributed by atoms with van der Waals surface area (Å²) in [6.45, 7) is 1.62. The Morgan fingerprint density at radius 3 is 2.45 bits per heavy atom. The van der Waals surface area contributed by atoms with Crippen LogP contribution in [0.1, 0.15) is 13.3 Å². The molecule has 0 bridgehead atoms. The van der Waals surface area contributed by atoms with Crippen molar-refractivity contribution in [3.63, 3.8) is 0 Å². The summed E-state index contributed by atoms with van der Waals surface area (Å²) >= 11 is 0. The van der Waals surface area contributed by atoms with E-state index in [4.69, 9.17) is 0 Å². The molecule has 0 fully saturated rings. The molecule has 0 aromatic rings. The monoisotopic (exact) mass is 158 g/mol. The van der Waals surface area contributed by atoms with E-state index in [-0.39, 0.29) is 13.0 Å². The third-order valence-corrected chi connectivity index (χ3v) is 1.47. The normalized spacial score (nSPS) is 15.0. The van der Waals surface area contributed by atoms with Crippen molar-refractivity contribution >= 4 is 6.29 Å². The fourth-order valence-corrected chi connectivity index (χ4v) is 0.687. The molecule has 0 amide bonds. The molecule has 0 N–H and O–H groups in total. The summed E-state index contributed by atoms with van der Waals surface area (Å²) in [5.74, 6) is -0.422. The minimum Gasteiger partial charge on any atom is -0.303 e. The van der Waals surface area contributed by atoms with E-state index in [1.54, 1.807) is 6.92 Å². The maximum absolute atomic E-state index is 10.2. The van der Waals surface area contributed by atoms with Gasteiger partial charge in [-0.15, -0.1) is 0 Å². The highest BCUT2D eigenvalue weighted by molar-refractivity contribution is 5.54. The molecule has 2 atom stereocenters. The summed E-state index contributed by atoms with van der Waals surface area (Å²) in [5, 5.41) is 5.29. The first-order valence-electron chi connectivity index (χ1n) is 3.33. The van der Waals surface area contributed by atoms with Crippen LogP contribution in [-0.2, 0) is 4.79 Å². The molecule has 0 aromatic heterocycles. The Morgan fingerprint density at radius 1 is 1.45 bits per heavy atom. The summed E-state index contributed by atoms with van der Waals surface area (Å²) in [6.07, 6.45) is 0.907. The van der Waals surface area contributed by atoms with Crippen LogP contribution in [0.5, 0.6) is 0 Å². The van der Waals surface area contributed by atoms with Crippen LogP contribution in [-0.4, -0.2) is 18.9 Å². The highest BCUT2D eigenvalue weighted by Crippen LogP contribution is 2.08. The first-order valence-corrected chi connectivity index (χ1v) is 3.33. The van der Waals surface area contributed by atoms with Crippen LogP contribution in [0.3, 0.4) is 0 Å². The Morgan fingerprint density at radius 2 is 2.09 bits per heavy atom. The summed E-state index contributed by atoms with van der Waals surface area (Å²) in [6, 6.07) is -0.606. The summed E-state index contributed by atoms with van der Waals surface area (Å²) in [4.78, 5) is 29.9. The van der Waals surface area contributed by atoms with Crippen molar-refractivity contribution in [1.29, 1.82) is 0 Å². The predicted molar refractivity (Wildman–Crippen MR) is 40.1 cm³/mol. The number of carbonyl (C=O) groups is 1. The summed E-state index contributed by atoms with van der Waals surface area (Å²) in [7, 11) is 0. The molecule has 0 radical (unpaired) electrons. The topological polar surface area (TPSA) is 75.9 Å². The van der Waals surface area contributed by atoms with Crippen LogP contribution < -0.4 is 0 Å². The highest BCUT2D eigenvalue weighted by atomic mass is 16.3. The van der Waals surface area contributed by atoms with Crippen molar-refractivity contribution in [1.82, 2.24) is 0 Å². The van der Waals surface area contributed by atoms with Gasteiger partial charge < -0.3 is 4.79 Å². The second-order valence-electron chi connectivity index (χ2n) is 2.31. The van der Waals surface area contributed by atoms with Gasteiger partial charge in [0, 0.05) is 5.92 Å². The van der Waals surface area contributed by atoms with Crippen LogP contribution in [0, 0.1) is 15.7 Å². The molecule has 5 heteroatoms. The van der Waals surface area contributed by atoms with E-state index in [1.807, 2.05) is 0 Å². The van der Waals surface area contributed by atoms with Crippen molar-refractivity contribution in [3.05, 3.63) is 9.81 Å². The van der Waals surface area contributed by atoms with E-state index < -0.39 is 12.0 Å². The molecule has 0 aromatic carbocycles. The van der Waals surface area contributed by atoms with Crippen LogP contribution in [0.4, 0.5) is 0 Å². The fourth-order valence-electron chi connectivity index (χ4n) is 0.687. The molecule has 11 heavy (non-hydrogen) atoms. The van der Waals surface area contributed by atoms with Crippen molar-refractivity contribution in [2.24, 2.45) is 16.3 Å². The number of aldehydes is 1. The molecule has 0 aliphatic heterocycles. The average molecular weight is 158 g/mol. The fraction of sp³-hybridized carbons (Fsp3) is 0.833. The van der Waals surface area contributed by atoms with Crippen LogP contribution in [0.15, 0.2) is 10.4 Å². The first-order chi connectivity index (χ1) is 5.26. The highest BCUT2D eigenvalue weighted by Gasteiger charge is 2.16. The van der Waals surface area contributed by atoms with E-state index in [1.165, 1.54) is 0 Å². The lowest BCUT2D eigenvalue weighted by molar-refractivity contribution is -0.111. The van der Waals surface area contributed by atoms with Gasteiger partial charge in [0.15, 0.2) is 0 Å². The third-order valence-electron chi connectivity index (χ3n) is 1.47. The average Bonchev–Trinajstić information content (AvgIpc) is 2.05. The number of carbonyl (C=O) groups excluding carboxylic acids is 1. The second kappa shape index (κ2) is 5.64. The van der Waals surface area contributed by atoms with Gasteiger partial charge >= 0.3 is 0 Å². The van der Waals surface area contributed by atoms with Gasteiger partial charge in [-0.2, -0.15) is 9.81 Å². The van der Waals surface area contributed by atoms with E-state index in [0.717, 1.165) is 0 Å². The standard InChI is InChI=1S/C6H10N2O3/c1-5(4-9)6(8-11)2-3-7-10/h4-6H,2-3H2,1H3/t5-,6-/m0/s1. The van der Waals surface area contributed by atoms with E-state index >= 15 is 0 Å². The van der Waals surface area contributed by atoms with Gasteiger partial charge in [-0.3, -0.25) is 0 Å². The molecule has 0 aliphatic rings. The zero-order valence-electron chi connectivity index (χ0n) is 6.27. The molecule has 0 spiro atoms. The molecule has 0 saturated heterocycles. The first kappa shape index (κ1) is 9.87. The molecule has 0 saturated carbocycles. The number of hydrogen-bond donors (Lipinski definition) is 0. The van der Waals surface area contributed by atoms with Gasteiger partial charge in [-0.05, 0) is 6.42 Å². The summed E-state index contributed by atoms with van der Waals surface area (Å²) < 4.78 is 0. The van der Waals surface area contributed by atoms with Crippen LogP contribution in [0.25, 0.3) is 0 Å². The lowest BCUT2D eigenvalue weighted by atomic mass is 10.0. The molecular weight excluding hydrogens is 148 g/mol. The van der Waals surface area contributed by atoms with Crippen molar-refractivity contribution in [2.75, 3.05) is 6.54 Å². The largest absolute Gasteiger partial charge is 0.303 e. The minimum atomic E-state index is -0.606. The quantitative estimate of drug-likeness (QED) is 0.429. The molecule has 0 heterocycles. The SMILES string of the molecule is C[C@@H](C=O)[C@H](CCN=O)N=O. The maximum Gasteiger partial charge on any atom is 0.125 e. The second-order valence-corrected chi connectivity index (χ2v) is 2.31.